The molecule has 0 amide bonds. The van der Waals surface area contributed by atoms with Gasteiger partial charge < -0.3 is 5.32 Å². The third-order valence-electron chi connectivity index (χ3n) is 3.38. The van der Waals surface area contributed by atoms with Crippen LogP contribution in [0, 0.1) is 6.92 Å². The van der Waals surface area contributed by atoms with Gasteiger partial charge in [-0.15, -0.1) is 0 Å². The van der Waals surface area contributed by atoms with Crippen LogP contribution in [0.3, 0.4) is 0 Å². The fraction of sp³-hybridized carbons (Fsp3) is 0.111. The molecule has 0 bridgehead atoms. The Hall–Kier alpha value is -2.20. The average Bonchev–Trinajstić information content (AvgIpc) is 2.55. The number of hydrogen-bond donors (Lipinski definition) is 1. The van der Waals surface area contributed by atoms with E-state index in [4.69, 9.17) is 0 Å². The van der Waals surface area contributed by atoms with Crippen LogP contribution < -0.4 is 5.32 Å². The van der Waals surface area contributed by atoms with Gasteiger partial charge in [0.05, 0.1) is 11.7 Å². The molecule has 110 valence electrons. The van der Waals surface area contributed by atoms with Gasteiger partial charge in [-0.1, -0.05) is 35.9 Å². The molecule has 22 heavy (non-hydrogen) atoms. The summed E-state index contributed by atoms with van der Waals surface area (Å²) in [4.78, 5) is 8.91. The number of anilines is 1. The Morgan fingerprint density at radius 1 is 1.00 bits per heavy atom. The third kappa shape index (κ3) is 3.52. The number of rotatable bonds is 4. The van der Waals surface area contributed by atoms with Crippen molar-refractivity contribution in [3.63, 3.8) is 0 Å². The molecule has 3 aromatic rings. The summed E-state index contributed by atoms with van der Waals surface area (Å²) >= 11 is 3.41. The minimum absolute atomic E-state index is 0.0326. The molecule has 0 radical (unpaired) electrons. The average molecular weight is 354 g/mol. The Morgan fingerprint density at radius 3 is 2.59 bits per heavy atom. The predicted octanol–water partition coefficient (Wildman–Crippen LogP) is 4.75. The van der Waals surface area contributed by atoms with E-state index in [1.54, 1.807) is 6.20 Å². The fourth-order valence-corrected chi connectivity index (χ4v) is 2.57. The van der Waals surface area contributed by atoms with Gasteiger partial charge >= 0.3 is 0 Å². The molecule has 0 saturated heterocycles. The second kappa shape index (κ2) is 6.71. The molecule has 0 saturated carbocycles. The molecular formula is C18H16BrN3. The quantitative estimate of drug-likeness (QED) is 0.735. The molecule has 3 rings (SSSR count). The molecule has 0 aliphatic rings. The molecule has 0 aliphatic carbocycles. The zero-order chi connectivity index (χ0) is 15.4. The van der Waals surface area contributed by atoms with E-state index < -0.39 is 0 Å². The first-order chi connectivity index (χ1) is 10.7. The maximum atomic E-state index is 4.50. The van der Waals surface area contributed by atoms with E-state index in [1.807, 2.05) is 36.5 Å². The van der Waals surface area contributed by atoms with Crippen LogP contribution in [-0.4, -0.2) is 9.97 Å². The Kier molecular flexibility index (Phi) is 4.49. The van der Waals surface area contributed by atoms with E-state index in [1.165, 1.54) is 11.1 Å². The second-order valence-corrected chi connectivity index (χ2v) is 6.02. The number of nitrogens with one attached hydrogen (secondary N) is 1. The van der Waals surface area contributed by atoms with Gasteiger partial charge in [0.25, 0.3) is 0 Å². The minimum Gasteiger partial charge on any atom is -0.358 e. The van der Waals surface area contributed by atoms with Crippen LogP contribution in [0.1, 0.15) is 22.9 Å². The van der Waals surface area contributed by atoms with Crippen molar-refractivity contribution in [3.8, 4) is 0 Å². The van der Waals surface area contributed by atoms with E-state index in [0.717, 1.165) is 16.0 Å². The smallest absolute Gasteiger partial charge is 0.126 e. The van der Waals surface area contributed by atoms with Gasteiger partial charge in [-0.25, -0.2) is 4.98 Å². The summed E-state index contributed by atoms with van der Waals surface area (Å²) in [6.07, 6.45) is 3.60. The standard InChI is InChI=1S/C18H16BrN3/c1-13-5-4-6-14(11-13)18(16-7-2-3-10-20-16)22-17-9-8-15(19)12-21-17/h2-12,18H,1H3,(H,21,22). The number of hydrogen-bond acceptors (Lipinski definition) is 3. The minimum atomic E-state index is -0.0326. The number of nitrogens with zero attached hydrogens (tertiary/aromatic N) is 2. The molecule has 4 heteroatoms. The van der Waals surface area contributed by atoms with Crippen molar-refractivity contribution in [1.82, 2.24) is 9.97 Å². The van der Waals surface area contributed by atoms with Crippen molar-refractivity contribution < 1.29 is 0 Å². The number of halogens is 1. The van der Waals surface area contributed by atoms with Gasteiger partial charge in [0.1, 0.15) is 5.82 Å². The topological polar surface area (TPSA) is 37.8 Å². The SMILES string of the molecule is Cc1cccc(C(Nc2ccc(Br)cn2)c2ccccn2)c1. The highest BCUT2D eigenvalue weighted by Gasteiger charge is 2.15. The molecule has 0 aliphatic heterocycles. The van der Waals surface area contributed by atoms with E-state index in [0.29, 0.717) is 0 Å². The van der Waals surface area contributed by atoms with Gasteiger partial charge in [0.2, 0.25) is 0 Å². The van der Waals surface area contributed by atoms with E-state index >= 15 is 0 Å². The number of aryl methyl sites for hydroxylation is 1. The summed E-state index contributed by atoms with van der Waals surface area (Å²) in [7, 11) is 0. The van der Waals surface area contributed by atoms with Gasteiger partial charge in [-0.3, -0.25) is 4.98 Å². The summed E-state index contributed by atoms with van der Waals surface area (Å²) in [6.45, 7) is 2.09. The zero-order valence-electron chi connectivity index (χ0n) is 12.2. The number of benzene rings is 1. The van der Waals surface area contributed by atoms with Crippen LogP contribution in [0.2, 0.25) is 0 Å². The highest BCUT2D eigenvalue weighted by Crippen LogP contribution is 2.25. The van der Waals surface area contributed by atoms with Gasteiger partial charge in [-0.05, 0) is 52.7 Å². The maximum absolute atomic E-state index is 4.50. The summed E-state index contributed by atoms with van der Waals surface area (Å²) < 4.78 is 0.961. The largest absolute Gasteiger partial charge is 0.358 e. The van der Waals surface area contributed by atoms with Crippen LogP contribution in [0.4, 0.5) is 5.82 Å². The Balaban J connectivity index is 1.98. The van der Waals surface area contributed by atoms with Crippen LogP contribution in [0.25, 0.3) is 0 Å². The molecule has 2 aromatic heterocycles. The van der Waals surface area contributed by atoms with Crippen LogP contribution in [0.5, 0.6) is 0 Å². The molecule has 0 fully saturated rings. The number of pyridine rings is 2. The van der Waals surface area contributed by atoms with Crippen molar-refractivity contribution in [1.29, 1.82) is 0 Å². The molecule has 1 unspecified atom stereocenters. The van der Waals surface area contributed by atoms with Gasteiger partial charge in [0, 0.05) is 16.9 Å². The van der Waals surface area contributed by atoms with Crippen LogP contribution in [-0.2, 0) is 0 Å². The third-order valence-corrected chi connectivity index (χ3v) is 3.85. The molecule has 1 N–H and O–H groups in total. The monoisotopic (exact) mass is 353 g/mol. The van der Waals surface area contributed by atoms with Gasteiger partial charge in [0.15, 0.2) is 0 Å². The summed E-state index contributed by atoms with van der Waals surface area (Å²) in [5.41, 5.74) is 3.37. The second-order valence-electron chi connectivity index (χ2n) is 5.11. The fourth-order valence-electron chi connectivity index (χ4n) is 2.33. The van der Waals surface area contributed by atoms with Gasteiger partial charge in [-0.2, -0.15) is 0 Å². The lowest BCUT2D eigenvalue weighted by Crippen LogP contribution is -2.14. The summed E-state index contributed by atoms with van der Waals surface area (Å²) in [6, 6.07) is 18.3. The normalized spacial score (nSPS) is 11.9. The maximum Gasteiger partial charge on any atom is 0.126 e. The highest BCUT2D eigenvalue weighted by molar-refractivity contribution is 9.10. The predicted molar refractivity (Wildman–Crippen MR) is 92.8 cm³/mol. The lowest BCUT2D eigenvalue weighted by atomic mass is 10.0. The van der Waals surface area contributed by atoms with Crippen LogP contribution in [0.15, 0.2) is 71.5 Å². The van der Waals surface area contributed by atoms with Crippen molar-refractivity contribution in [3.05, 3.63) is 88.3 Å². The lowest BCUT2D eigenvalue weighted by Gasteiger charge is -2.20. The molecular weight excluding hydrogens is 338 g/mol. The zero-order valence-corrected chi connectivity index (χ0v) is 13.8. The summed E-state index contributed by atoms with van der Waals surface area (Å²) in [5, 5.41) is 3.47. The molecule has 1 atom stereocenters. The van der Waals surface area contributed by atoms with E-state index in [9.17, 15) is 0 Å². The van der Waals surface area contributed by atoms with E-state index in [-0.39, 0.29) is 6.04 Å². The lowest BCUT2D eigenvalue weighted by molar-refractivity contribution is 0.876. The van der Waals surface area contributed by atoms with E-state index in [2.05, 4.69) is 62.4 Å². The molecule has 0 spiro atoms. The van der Waals surface area contributed by atoms with Crippen molar-refractivity contribution in [2.45, 2.75) is 13.0 Å². The van der Waals surface area contributed by atoms with Crippen molar-refractivity contribution >= 4 is 21.7 Å². The first-order valence-electron chi connectivity index (χ1n) is 7.08. The van der Waals surface area contributed by atoms with Crippen LogP contribution >= 0.6 is 15.9 Å². The highest BCUT2D eigenvalue weighted by atomic mass is 79.9. The van der Waals surface area contributed by atoms with Crippen molar-refractivity contribution in [2.75, 3.05) is 5.32 Å². The Morgan fingerprint density at radius 2 is 1.91 bits per heavy atom. The molecule has 1 aromatic carbocycles. The molecule has 3 nitrogen and oxygen atoms in total. The Labute approximate surface area is 138 Å². The Bertz CT molecular complexity index is 742. The first-order valence-corrected chi connectivity index (χ1v) is 7.87. The number of aromatic nitrogens is 2. The first kappa shape index (κ1) is 14.7. The summed E-state index contributed by atoms with van der Waals surface area (Å²) in [5.74, 6) is 0.820. The molecule has 2 heterocycles. The van der Waals surface area contributed by atoms with Crippen molar-refractivity contribution in [2.24, 2.45) is 0 Å².